The molecule has 0 saturated heterocycles. The number of ether oxygens (including phenoxy) is 2. The van der Waals surface area contributed by atoms with Gasteiger partial charge in [0.15, 0.2) is 5.60 Å². The van der Waals surface area contributed by atoms with E-state index in [-0.39, 0.29) is 5.97 Å². The first-order valence-corrected chi connectivity index (χ1v) is 12.5. The van der Waals surface area contributed by atoms with Gasteiger partial charge in [-0.2, -0.15) is 0 Å². The molecule has 0 radical (unpaired) electrons. The summed E-state index contributed by atoms with van der Waals surface area (Å²) in [6.45, 7) is 5.04. The molecule has 6 rings (SSSR count). The molecule has 0 bridgehead atoms. The number of fused-ring (bicyclic) bond motifs is 6. The summed E-state index contributed by atoms with van der Waals surface area (Å²) < 4.78 is 12.9. The van der Waals surface area contributed by atoms with Gasteiger partial charge in [-0.25, -0.2) is 4.79 Å². The fourth-order valence-corrected chi connectivity index (χ4v) is 5.24. The molecule has 4 aromatic rings. The molecule has 4 aromatic carbocycles. The largest absolute Gasteiger partial charge is 0.456 e. The van der Waals surface area contributed by atoms with Crippen LogP contribution < -0.4 is 15.4 Å². The Labute approximate surface area is 211 Å². The topological polar surface area (TPSA) is 59.6 Å². The number of anilines is 3. The molecule has 0 amide bonds. The van der Waals surface area contributed by atoms with Crippen molar-refractivity contribution in [2.45, 2.75) is 32.3 Å². The van der Waals surface area contributed by atoms with Crippen LogP contribution in [-0.2, 0) is 10.3 Å². The Hall–Kier alpha value is -4.25. The first-order chi connectivity index (χ1) is 17.6. The molecule has 2 aliphatic heterocycles. The summed E-state index contributed by atoms with van der Waals surface area (Å²) >= 11 is 0. The van der Waals surface area contributed by atoms with Gasteiger partial charge in [-0.05, 0) is 61.4 Å². The molecule has 180 valence electrons. The summed E-state index contributed by atoms with van der Waals surface area (Å²) in [5.41, 5.74) is 5.80. The lowest BCUT2D eigenvalue weighted by molar-refractivity contribution is 0.0227. The van der Waals surface area contributed by atoms with Crippen molar-refractivity contribution in [1.29, 1.82) is 0 Å². The maximum Gasteiger partial charge on any atom is 0.340 e. The van der Waals surface area contributed by atoms with Crippen LogP contribution in [-0.4, -0.2) is 12.5 Å². The van der Waals surface area contributed by atoms with Gasteiger partial charge in [-0.1, -0.05) is 55.8 Å². The van der Waals surface area contributed by atoms with Gasteiger partial charge in [0.05, 0.1) is 11.1 Å². The van der Waals surface area contributed by atoms with Crippen molar-refractivity contribution in [3.05, 3.63) is 113 Å². The van der Waals surface area contributed by atoms with E-state index in [2.05, 4.69) is 30.5 Å². The lowest BCUT2D eigenvalue weighted by Crippen LogP contribution is -2.34. The molecule has 2 aliphatic rings. The summed E-state index contributed by atoms with van der Waals surface area (Å²) in [6, 6.07) is 27.8. The van der Waals surface area contributed by atoms with Crippen LogP contribution in [0.4, 0.5) is 17.1 Å². The number of hydrogen-bond acceptors (Lipinski definition) is 5. The molecule has 0 fully saturated rings. The fraction of sp³-hybridized carbons (Fsp3) is 0.194. The van der Waals surface area contributed by atoms with Crippen molar-refractivity contribution in [1.82, 2.24) is 0 Å². The molecule has 1 unspecified atom stereocenters. The van der Waals surface area contributed by atoms with Crippen LogP contribution in [0.3, 0.4) is 0 Å². The van der Waals surface area contributed by atoms with Crippen LogP contribution in [0.2, 0.25) is 0 Å². The van der Waals surface area contributed by atoms with Gasteiger partial charge in [-0.3, -0.25) is 0 Å². The highest BCUT2D eigenvalue weighted by Gasteiger charge is 2.54. The average molecular weight is 477 g/mol. The van der Waals surface area contributed by atoms with Gasteiger partial charge in [0.25, 0.3) is 0 Å². The van der Waals surface area contributed by atoms with Gasteiger partial charge in [0.1, 0.15) is 11.5 Å². The summed E-state index contributed by atoms with van der Waals surface area (Å²) in [7, 11) is 0. The molecular weight excluding hydrogens is 448 g/mol. The Morgan fingerprint density at radius 2 is 1.64 bits per heavy atom. The van der Waals surface area contributed by atoms with E-state index in [1.165, 1.54) is 0 Å². The zero-order chi connectivity index (χ0) is 24.7. The minimum atomic E-state index is -1.12. The highest BCUT2D eigenvalue weighted by molar-refractivity contribution is 5.97. The highest BCUT2D eigenvalue weighted by atomic mass is 16.6. The van der Waals surface area contributed by atoms with Gasteiger partial charge in [0, 0.05) is 34.7 Å². The zero-order valence-electron chi connectivity index (χ0n) is 20.4. The van der Waals surface area contributed by atoms with Crippen LogP contribution in [0.15, 0.2) is 84.9 Å². The number of nitrogens with one attached hydrogen (secondary N) is 2. The highest BCUT2D eigenvalue weighted by Crippen LogP contribution is 2.58. The van der Waals surface area contributed by atoms with Crippen molar-refractivity contribution < 1.29 is 14.3 Å². The monoisotopic (exact) mass is 476 g/mol. The normalized spacial score (nSPS) is 17.0. The number of esters is 1. The molecule has 5 heteroatoms. The Balaban J connectivity index is 1.59. The van der Waals surface area contributed by atoms with E-state index < -0.39 is 5.60 Å². The molecule has 2 N–H and O–H groups in total. The molecule has 36 heavy (non-hydrogen) atoms. The second-order valence-electron chi connectivity index (χ2n) is 9.33. The van der Waals surface area contributed by atoms with E-state index in [0.29, 0.717) is 17.1 Å². The predicted octanol–water partition coefficient (Wildman–Crippen LogP) is 7.52. The molecule has 0 aromatic heterocycles. The van der Waals surface area contributed by atoms with Crippen LogP contribution in [0.5, 0.6) is 11.5 Å². The Kier molecular flexibility index (Phi) is 5.41. The second kappa shape index (κ2) is 8.76. The second-order valence-corrected chi connectivity index (χ2v) is 9.33. The summed E-state index contributed by atoms with van der Waals surface area (Å²) in [5, 5.41) is 7.11. The van der Waals surface area contributed by atoms with E-state index in [1.807, 2.05) is 78.9 Å². The zero-order valence-corrected chi connectivity index (χ0v) is 20.4. The summed E-state index contributed by atoms with van der Waals surface area (Å²) in [4.78, 5) is 13.3. The Morgan fingerprint density at radius 3 is 2.47 bits per heavy atom. The number of para-hydroxylation sites is 1. The van der Waals surface area contributed by atoms with Gasteiger partial charge in [0.2, 0.25) is 0 Å². The smallest absolute Gasteiger partial charge is 0.340 e. The molecule has 0 aliphatic carbocycles. The standard InChI is InChI=1S/C31H28N2O3/c1-3-4-17-32-25-15-10-16-27-29(25)31(23-14-9-8-13-22(23)30(34)36-31)24-19-26(20(2)18-28(24)35-27)33-21-11-6-5-7-12-21/h5-16,18-19,32-33H,3-4,17H2,1-2H3. The first-order valence-electron chi connectivity index (χ1n) is 12.5. The number of carbonyl (C=O) groups excluding carboxylic acids is 1. The molecule has 1 atom stereocenters. The molecule has 0 saturated carbocycles. The van der Waals surface area contributed by atoms with Crippen molar-refractivity contribution in [2.24, 2.45) is 0 Å². The van der Waals surface area contributed by atoms with Crippen molar-refractivity contribution in [3.8, 4) is 11.5 Å². The Morgan fingerprint density at radius 1 is 0.833 bits per heavy atom. The quantitative estimate of drug-likeness (QED) is 0.223. The van der Waals surface area contributed by atoms with Crippen molar-refractivity contribution in [3.63, 3.8) is 0 Å². The van der Waals surface area contributed by atoms with Crippen LogP contribution in [0.25, 0.3) is 0 Å². The van der Waals surface area contributed by atoms with Crippen molar-refractivity contribution in [2.75, 3.05) is 17.2 Å². The minimum Gasteiger partial charge on any atom is -0.456 e. The minimum absolute atomic E-state index is 0.328. The SMILES string of the molecule is CCCCNc1cccc2c1C1(OC(=O)c3ccccc31)c1cc(Nc3ccccc3)c(C)cc1O2. The number of aryl methyl sites for hydroxylation is 1. The lowest BCUT2D eigenvalue weighted by atomic mass is 9.76. The van der Waals surface area contributed by atoms with Gasteiger partial charge < -0.3 is 20.1 Å². The van der Waals surface area contributed by atoms with Crippen LogP contribution in [0.1, 0.15) is 52.4 Å². The number of carbonyl (C=O) groups is 1. The third-order valence-electron chi connectivity index (χ3n) is 6.97. The van der Waals surface area contributed by atoms with Gasteiger partial charge >= 0.3 is 5.97 Å². The predicted molar refractivity (Wildman–Crippen MR) is 143 cm³/mol. The van der Waals surface area contributed by atoms with E-state index in [1.54, 1.807) is 0 Å². The third-order valence-corrected chi connectivity index (χ3v) is 6.97. The number of hydrogen-bond donors (Lipinski definition) is 2. The van der Waals surface area contributed by atoms with Crippen molar-refractivity contribution >= 4 is 23.0 Å². The van der Waals surface area contributed by atoms with Gasteiger partial charge in [-0.15, -0.1) is 0 Å². The van der Waals surface area contributed by atoms with E-state index in [0.717, 1.165) is 58.7 Å². The van der Waals surface area contributed by atoms with E-state index >= 15 is 0 Å². The lowest BCUT2D eigenvalue weighted by Gasteiger charge is -2.38. The average Bonchev–Trinajstić information content (AvgIpc) is 3.18. The van der Waals surface area contributed by atoms with Crippen LogP contribution in [0, 0.1) is 6.92 Å². The fourth-order valence-electron chi connectivity index (χ4n) is 5.24. The Bertz CT molecular complexity index is 1460. The summed E-state index contributed by atoms with van der Waals surface area (Å²) in [5.74, 6) is 1.05. The maximum absolute atomic E-state index is 13.3. The number of benzene rings is 4. The number of rotatable bonds is 6. The molecule has 2 heterocycles. The molecule has 5 nitrogen and oxygen atoms in total. The van der Waals surface area contributed by atoms with Crippen LogP contribution >= 0.6 is 0 Å². The number of unbranched alkanes of at least 4 members (excludes halogenated alkanes) is 1. The van der Waals surface area contributed by atoms with E-state index in [4.69, 9.17) is 9.47 Å². The van der Waals surface area contributed by atoms with E-state index in [9.17, 15) is 4.79 Å². The molecular formula is C31H28N2O3. The summed E-state index contributed by atoms with van der Waals surface area (Å²) in [6.07, 6.45) is 2.12. The maximum atomic E-state index is 13.3. The first kappa shape index (κ1) is 22.2. The molecule has 1 spiro atoms. The third kappa shape index (κ3) is 3.42.